The van der Waals surface area contributed by atoms with Crippen LogP contribution in [0.4, 0.5) is 4.39 Å². The van der Waals surface area contributed by atoms with E-state index in [1.54, 1.807) is 42.5 Å². The molecule has 0 fully saturated rings. The van der Waals surface area contributed by atoms with Crippen LogP contribution in [0.2, 0.25) is 5.02 Å². The van der Waals surface area contributed by atoms with E-state index in [2.05, 4.69) is 11.1 Å². The zero-order chi connectivity index (χ0) is 24.3. The fourth-order valence-electron chi connectivity index (χ4n) is 3.35. The Morgan fingerprint density at radius 3 is 2.18 bits per heavy atom. The molecule has 1 heterocycles. The number of sulfone groups is 1. The lowest BCUT2D eigenvalue weighted by atomic mass is 9.98. The summed E-state index contributed by atoms with van der Waals surface area (Å²) >= 11 is 5.93. The van der Waals surface area contributed by atoms with E-state index >= 15 is 0 Å². The van der Waals surface area contributed by atoms with Gasteiger partial charge in [-0.2, -0.15) is 5.26 Å². The molecule has 0 spiro atoms. The molecule has 0 saturated carbocycles. The van der Waals surface area contributed by atoms with Crippen LogP contribution in [-0.2, 0) is 16.4 Å². The number of aromatic nitrogens is 1. The maximum absolute atomic E-state index is 13.6. The molecule has 0 aliphatic rings. The van der Waals surface area contributed by atoms with E-state index in [1.807, 2.05) is 12.1 Å². The van der Waals surface area contributed by atoms with Gasteiger partial charge < -0.3 is 4.74 Å². The van der Waals surface area contributed by atoms with Gasteiger partial charge in [-0.15, -0.1) is 0 Å². The summed E-state index contributed by atoms with van der Waals surface area (Å²) in [6.07, 6.45) is 1.13. The van der Waals surface area contributed by atoms with E-state index in [-0.39, 0.29) is 22.9 Å². The standard InChI is InChI=1S/C26H18ClFN2O3S/c1-34(31,32)23-12-6-18(7-13-23)24-14-20(15-29)26(33-16-17-2-8-21(27)9-3-17)30-25(24)19-4-10-22(28)11-5-19/h2-14H,16H2,1H3. The summed E-state index contributed by atoms with van der Waals surface area (Å²) in [5.41, 5.74) is 3.38. The predicted octanol–water partition coefficient (Wildman–Crippen LogP) is 6.06. The minimum absolute atomic E-state index is 0.133. The van der Waals surface area contributed by atoms with Crippen LogP contribution in [0.1, 0.15) is 11.1 Å². The first-order valence-corrected chi connectivity index (χ1v) is 12.4. The van der Waals surface area contributed by atoms with Crippen molar-refractivity contribution in [3.63, 3.8) is 0 Å². The number of hydrogen-bond donors (Lipinski definition) is 0. The Balaban J connectivity index is 1.80. The van der Waals surface area contributed by atoms with Crippen molar-refractivity contribution in [3.05, 3.63) is 101 Å². The molecule has 0 aliphatic heterocycles. The van der Waals surface area contributed by atoms with Crippen LogP contribution in [-0.4, -0.2) is 19.7 Å². The number of pyridine rings is 1. The summed E-state index contributed by atoms with van der Waals surface area (Å²) in [7, 11) is -3.36. The van der Waals surface area contributed by atoms with Gasteiger partial charge in [0.25, 0.3) is 0 Å². The Kier molecular flexibility index (Phi) is 6.64. The second-order valence-corrected chi connectivity index (χ2v) is 10.0. The molecule has 3 aromatic carbocycles. The SMILES string of the molecule is CS(=O)(=O)c1ccc(-c2cc(C#N)c(OCc3ccc(Cl)cc3)nc2-c2ccc(F)cc2)cc1. The molecule has 4 rings (SSSR count). The van der Waals surface area contributed by atoms with Gasteiger partial charge in [-0.3, -0.25) is 0 Å². The molecule has 5 nitrogen and oxygen atoms in total. The molecule has 0 radical (unpaired) electrons. The van der Waals surface area contributed by atoms with Gasteiger partial charge in [0.1, 0.15) is 24.1 Å². The van der Waals surface area contributed by atoms with Crippen LogP contribution >= 0.6 is 11.6 Å². The van der Waals surface area contributed by atoms with Crippen LogP contribution in [0.25, 0.3) is 22.4 Å². The first-order valence-electron chi connectivity index (χ1n) is 10.1. The Morgan fingerprint density at radius 2 is 1.59 bits per heavy atom. The van der Waals surface area contributed by atoms with Crippen molar-refractivity contribution >= 4 is 21.4 Å². The minimum atomic E-state index is -3.36. The van der Waals surface area contributed by atoms with Crippen LogP contribution in [0, 0.1) is 17.1 Å². The molecule has 4 aromatic rings. The summed E-state index contributed by atoms with van der Waals surface area (Å²) < 4.78 is 43.1. The summed E-state index contributed by atoms with van der Waals surface area (Å²) in [6, 6.07) is 23.0. The van der Waals surface area contributed by atoms with E-state index < -0.39 is 15.7 Å². The van der Waals surface area contributed by atoms with Crippen molar-refractivity contribution in [2.45, 2.75) is 11.5 Å². The molecule has 0 atom stereocenters. The second-order valence-electron chi connectivity index (χ2n) is 7.57. The third-order valence-corrected chi connectivity index (χ3v) is 6.49. The molecule has 8 heteroatoms. The molecule has 0 bridgehead atoms. The van der Waals surface area contributed by atoms with Gasteiger partial charge in [0.2, 0.25) is 5.88 Å². The van der Waals surface area contributed by atoms with Gasteiger partial charge in [0.15, 0.2) is 9.84 Å². The largest absolute Gasteiger partial charge is 0.472 e. The summed E-state index contributed by atoms with van der Waals surface area (Å²) in [4.78, 5) is 4.79. The molecular formula is C26H18ClFN2O3S. The van der Waals surface area contributed by atoms with Crippen LogP contribution in [0.5, 0.6) is 5.88 Å². The molecule has 170 valence electrons. The Labute approximate surface area is 202 Å². The van der Waals surface area contributed by atoms with Crippen molar-refractivity contribution < 1.29 is 17.5 Å². The number of nitriles is 1. The first-order chi connectivity index (χ1) is 16.2. The van der Waals surface area contributed by atoms with E-state index in [0.29, 0.717) is 27.4 Å². The maximum Gasteiger partial charge on any atom is 0.232 e. The predicted molar refractivity (Wildman–Crippen MR) is 129 cm³/mol. The van der Waals surface area contributed by atoms with Gasteiger partial charge >= 0.3 is 0 Å². The van der Waals surface area contributed by atoms with Crippen LogP contribution in [0.3, 0.4) is 0 Å². The lowest BCUT2D eigenvalue weighted by Gasteiger charge is -2.14. The van der Waals surface area contributed by atoms with E-state index in [4.69, 9.17) is 16.3 Å². The van der Waals surface area contributed by atoms with Gasteiger partial charge in [-0.05, 0) is 65.7 Å². The molecule has 0 amide bonds. The minimum Gasteiger partial charge on any atom is -0.472 e. The highest BCUT2D eigenvalue weighted by molar-refractivity contribution is 7.90. The topological polar surface area (TPSA) is 80.0 Å². The highest BCUT2D eigenvalue weighted by Crippen LogP contribution is 2.35. The van der Waals surface area contributed by atoms with E-state index in [9.17, 15) is 18.1 Å². The van der Waals surface area contributed by atoms with Gasteiger partial charge in [0.05, 0.1) is 10.6 Å². The number of rotatable bonds is 6. The quantitative estimate of drug-likeness (QED) is 0.326. The fourth-order valence-corrected chi connectivity index (χ4v) is 4.10. The number of benzene rings is 3. The van der Waals surface area contributed by atoms with Gasteiger partial charge in [-0.25, -0.2) is 17.8 Å². The Morgan fingerprint density at radius 1 is 0.971 bits per heavy atom. The van der Waals surface area contributed by atoms with Crippen molar-refractivity contribution in [3.8, 4) is 34.3 Å². The highest BCUT2D eigenvalue weighted by atomic mass is 35.5. The van der Waals surface area contributed by atoms with Gasteiger partial charge in [-0.1, -0.05) is 35.9 Å². The van der Waals surface area contributed by atoms with Crippen molar-refractivity contribution in [2.75, 3.05) is 6.26 Å². The zero-order valence-electron chi connectivity index (χ0n) is 18.0. The Hall–Kier alpha value is -3.73. The number of ether oxygens (including phenoxy) is 1. The van der Waals surface area contributed by atoms with Crippen LogP contribution < -0.4 is 4.74 Å². The highest BCUT2D eigenvalue weighted by Gasteiger charge is 2.17. The maximum atomic E-state index is 13.6. The molecule has 0 saturated heterocycles. The van der Waals surface area contributed by atoms with Crippen molar-refractivity contribution in [1.82, 2.24) is 4.98 Å². The third kappa shape index (κ3) is 5.25. The Bertz CT molecular complexity index is 1480. The summed E-state index contributed by atoms with van der Waals surface area (Å²) in [5.74, 6) is -0.260. The van der Waals surface area contributed by atoms with E-state index in [1.165, 1.54) is 24.3 Å². The normalized spacial score (nSPS) is 11.1. The number of nitrogens with zero attached hydrogens (tertiary/aromatic N) is 2. The van der Waals surface area contributed by atoms with Crippen molar-refractivity contribution in [2.24, 2.45) is 0 Å². The molecule has 0 aliphatic carbocycles. The number of hydrogen-bond acceptors (Lipinski definition) is 5. The zero-order valence-corrected chi connectivity index (χ0v) is 19.6. The molecule has 0 N–H and O–H groups in total. The second kappa shape index (κ2) is 9.64. The average Bonchev–Trinajstić information content (AvgIpc) is 2.83. The molecule has 0 unspecified atom stereocenters. The first kappa shape index (κ1) is 23.4. The molecular weight excluding hydrogens is 475 g/mol. The number of halogens is 2. The molecule has 34 heavy (non-hydrogen) atoms. The smallest absolute Gasteiger partial charge is 0.232 e. The van der Waals surface area contributed by atoms with Crippen LogP contribution in [0.15, 0.2) is 83.8 Å². The average molecular weight is 493 g/mol. The summed E-state index contributed by atoms with van der Waals surface area (Å²) in [5, 5.41) is 10.4. The molecule has 1 aromatic heterocycles. The van der Waals surface area contributed by atoms with Gasteiger partial charge in [0, 0.05) is 22.4 Å². The lowest BCUT2D eigenvalue weighted by molar-refractivity contribution is 0.293. The van der Waals surface area contributed by atoms with E-state index in [0.717, 1.165) is 11.8 Å². The monoisotopic (exact) mass is 492 g/mol. The fraction of sp³-hybridized carbons (Fsp3) is 0.0769. The summed E-state index contributed by atoms with van der Waals surface area (Å²) in [6.45, 7) is 0.171. The third-order valence-electron chi connectivity index (χ3n) is 5.11. The van der Waals surface area contributed by atoms with Crippen molar-refractivity contribution in [1.29, 1.82) is 5.26 Å². The lowest BCUT2D eigenvalue weighted by Crippen LogP contribution is -2.02.